The minimum atomic E-state index is -0.426. The molecule has 2 atom stereocenters. The Kier molecular flexibility index (Phi) is 3.56. The van der Waals surface area contributed by atoms with Crippen molar-refractivity contribution in [2.24, 2.45) is 5.92 Å². The third kappa shape index (κ3) is 2.36. The van der Waals surface area contributed by atoms with Crippen LogP contribution in [-0.4, -0.2) is 30.6 Å². The summed E-state index contributed by atoms with van der Waals surface area (Å²) in [6, 6.07) is 3.86. The second-order valence-corrected chi connectivity index (χ2v) is 6.12. The van der Waals surface area contributed by atoms with Gasteiger partial charge in [-0.2, -0.15) is 0 Å². The Labute approximate surface area is 123 Å². The monoisotopic (exact) mass is 295 g/mol. The van der Waals surface area contributed by atoms with Crippen LogP contribution in [0.3, 0.4) is 0 Å². The number of nitro groups is 1. The molecule has 1 aromatic carbocycles. The molecule has 0 aliphatic carbocycles. The number of benzene rings is 1. The van der Waals surface area contributed by atoms with E-state index in [1.54, 1.807) is 12.1 Å². The van der Waals surface area contributed by atoms with Crippen LogP contribution in [0.25, 0.3) is 0 Å². The molecule has 0 amide bonds. The number of nitrogens with zero attached hydrogens (tertiary/aromatic N) is 2. The molecule has 6 heteroatoms. The molecule has 0 bridgehead atoms. The Balaban J connectivity index is 1.87. The smallest absolute Gasteiger partial charge is 0.288 e. The molecule has 2 fully saturated rings. The number of hydrogen-bond acceptors (Lipinski definition) is 4. The minimum Gasteiger partial charge on any atom is -0.369 e. The van der Waals surface area contributed by atoms with Crippen molar-refractivity contribution in [1.29, 1.82) is 0 Å². The number of nitrogens with one attached hydrogen (secondary N) is 1. The summed E-state index contributed by atoms with van der Waals surface area (Å²) < 4.78 is 0. The Hall–Kier alpha value is -1.33. The Morgan fingerprint density at radius 3 is 2.95 bits per heavy atom. The lowest BCUT2D eigenvalue weighted by Gasteiger charge is -2.24. The molecule has 0 aromatic heterocycles. The van der Waals surface area contributed by atoms with E-state index in [-0.39, 0.29) is 10.7 Å². The molecule has 0 saturated carbocycles. The van der Waals surface area contributed by atoms with Gasteiger partial charge in [-0.15, -0.1) is 0 Å². The first-order valence-corrected chi connectivity index (χ1v) is 7.37. The molecule has 5 nitrogen and oxygen atoms in total. The van der Waals surface area contributed by atoms with Gasteiger partial charge in [-0.25, -0.2) is 0 Å². The number of anilines is 1. The van der Waals surface area contributed by atoms with E-state index in [2.05, 4.69) is 10.2 Å². The molecule has 2 heterocycles. The van der Waals surface area contributed by atoms with Gasteiger partial charge in [-0.05, 0) is 43.9 Å². The third-order valence-electron chi connectivity index (χ3n) is 4.40. The molecule has 0 radical (unpaired) electrons. The van der Waals surface area contributed by atoms with Crippen LogP contribution in [0.5, 0.6) is 0 Å². The largest absolute Gasteiger partial charge is 0.369 e. The maximum Gasteiger partial charge on any atom is 0.288 e. The number of halogens is 1. The van der Waals surface area contributed by atoms with Gasteiger partial charge in [0.1, 0.15) is 5.02 Å². The lowest BCUT2D eigenvalue weighted by Crippen LogP contribution is -2.40. The third-order valence-corrected chi connectivity index (χ3v) is 4.70. The predicted molar refractivity (Wildman–Crippen MR) is 79.6 cm³/mol. The summed E-state index contributed by atoms with van der Waals surface area (Å²) in [6.07, 6.45) is 2.49. The number of piperidine rings is 1. The van der Waals surface area contributed by atoms with Crippen LogP contribution in [0.1, 0.15) is 18.4 Å². The maximum atomic E-state index is 10.9. The fourth-order valence-corrected chi connectivity index (χ4v) is 3.61. The molecular weight excluding hydrogens is 278 g/mol. The van der Waals surface area contributed by atoms with Gasteiger partial charge in [0.25, 0.3) is 5.69 Å². The van der Waals surface area contributed by atoms with Crippen molar-refractivity contribution < 1.29 is 4.92 Å². The first kappa shape index (κ1) is 13.6. The summed E-state index contributed by atoms with van der Waals surface area (Å²) in [5, 5.41) is 14.7. The van der Waals surface area contributed by atoms with E-state index >= 15 is 0 Å². The topological polar surface area (TPSA) is 58.4 Å². The number of aryl methyl sites for hydroxylation is 1. The second-order valence-electron chi connectivity index (χ2n) is 5.72. The van der Waals surface area contributed by atoms with E-state index < -0.39 is 4.92 Å². The van der Waals surface area contributed by atoms with E-state index in [9.17, 15) is 10.1 Å². The van der Waals surface area contributed by atoms with Crippen molar-refractivity contribution >= 4 is 23.0 Å². The number of fused-ring (bicyclic) bond motifs is 1. The molecule has 3 rings (SSSR count). The van der Waals surface area contributed by atoms with E-state index in [1.807, 2.05) is 6.92 Å². The first-order valence-electron chi connectivity index (χ1n) is 6.99. The average Bonchev–Trinajstić information content (AvgIpc) is 2.84. The zero-order valence-corrected chi connectivity index (χ0v) is 12.2. The van der Waals surface area contributed by atoms with Crippen LogP contribution in [0.15, 0.2) is 12.1 Å². The Morgan fingerprint density at radius 1 is 1.45 bits per heavy atom. The van der Waals surface area contributed by atoms with Crippen molar-refractivity contribution in [3.63, 3.8) is 0 Å². The van der Waals surface area contributed by atoms with Gasteiger partial charge in [0.2, 0.25) is 0 Å². The predicted octanol–water partition coefficient (Wildman–Crippen LogP) is 2.74. The Bertz CT molecular complexity index is 535. The van der Waals surface area contributed by atoms with Crippen LogP contribution in [-0.2, 0) is 0 Å². The van der Waals surface area contributed by atoms with Gasteiger partial charge in [0.05, 0.1) is 4.92 Å². The van der Waals surface area contributed by atoms with Crippen molar-refractivity contribution in [1.82, 2.24) is 5.32 Å². The highest BCUT2D eigenvalue weighted by Gasteiger charge is 2.35. The molecule has 2 aliphatic heterocycles. The Morgan fingerprint density at radius 2 is 2.25 bits per heavy atom. The lowest BCUT2D eigenvalue weighted by molar-refractivity contribution is -0.384. The lowest BCUT2D eigenvalue weighted by atomic mass is 9.94. The normalized spacial score (nSPS) is 25.6. The second kappa shape index (κ2) is 5.22. The van der Waals surface area contributed by atoms with E-state index in [4.69, 9.17) is 11.6 Å². The first-order chi connectivity index (χ1) is 9.56. The number of rotatable bonds is 2. The minimum absolute atomic E-state index is 0.0114. The average molecular weight is 296 g/mol. The van der Waals surface area contributed by atoms with Crippen LogP contribution in [0, 0.1) is 23.0 Å². The summed E-state index contributed by atoms with van der Waals surface area (Å²) in [5.74, 6) is 0.678. The zero-order chi connectivity index (χ0) is 14.3. The molecule has 2 saturated heterocycles. The van der Waals surface area contributed by atoms with Gasteiger partial charge in [0.15, 0.2) is 0 Å². The van der Waals surface area contributed by atoms with Gasteiger partial charge >= 0.3 is 0 Å². The van der Waals surface area contributed by atoms with Crippen molar-refractivity contribution in [2.45, 2.75) is 25.8 Å². The summed E-state index contributed by atoms with van der Waals surface area (Å²) in [4.78, 5) is 12.8. The molecule has 20 heavy (non-hydrogen) atoms. The summed E-state index contributed by atoms with van der Waals surface area (Å²) >= 11 is 6.04. The molecule has 2 aliphatic rings. The number of nitro benzene ring substituents is 1. The molecule has 0 spiro atoms. The van der Waals surface area contributed by atoms with Crippen molar-refractivity contribution in [3.05, 3.63) is 32.8 Å². The van der Waals surface area contributed by atoms with E-state index in [1.165, 1.54) is 12.8 Å². The van der Waals surface area contributed by atoms with Crippen molar-refractivity contribution in [3.8, 4) is 0 Å². The highest BCUT2D eigenvalue weighted by atomic mass is 35.5. The van der Waals surface area contributed by atoms with E-state index in [0.29, 0.717) is 12.0 Å². The maximum absolute atomic E-state index is 10.9. The highest BCUT2D eigenvalue weighted by molar-refractivity contribution is 6.33. The van der Waals surface area contributed by atoms with Crippen LogP contribution in [0.4, 0.5) is 11.4 Å². The standard InChI is InChI=1S/C14H18ClN3O2/c1-9-5-14(18(19)20)11(15)6-13(9)17-7-10-3-2-4-16-12(10)8-17/h5-6,10,12,16H,2-4,7-8H2,1H3/t10-,12+/m0/s1. The van der Waals surface area contributed by atoms with Gasteiger partial charge in [-0.1, -0.05) is 11.6 Å². The summed E-state index contributed by atoms with van der Waals surface area (Å²) in [5.41, 5.74) is 1.93. The molecular formula is C14H18ClN3O2. The molecule has 0 unspecified atom stereocenters. The molecule has 1 N–H and O–H groups in total. The summed E-state index contributed by atoms with van der Waals surface area (Å²) in [7, 11) is 0. The van der Waals surface area contributed by atoms with Crippen LogP contribution in [0.2, 0.25) is 5.02 Å². The van der Waals surface area contributed by atoms with E-state index in [0.717, 1.165) is 30.9 Å². The van der Waals surface area contributed by atoms with Crippen LogP contribution < -0.4 is 10.2 Å². The fraction of sp³-hybridized carbons (Fsp3) is 0.571. The summed E-state index contributed by atoms with van der Waals surface area (Å²) in [6.45, 7) is 4.97. The van der Waals surface area contributed by atoms with Crippen LogP contribution >= 0.6 is 11.6 Å². The fourth-order valence-electron chi connectivity index (χ4n) is 3.38. The van der Waals surface area contributed by atoms with Gasteiger partial charge in [0, 0.05) is 30.9 Å². The van der Waals surface area contributed by atoms with Crippen molar-refractivity contribution in [2.75, 3.05) is 24.5 Å². The molecule has 108 valence electrons. The highest BCUT2D eigenvalue weighted by Crippen LogP contribution is 2.36. The SMILES string of the molecule is Cc1cc([N+](=O)[O-])c(Cl)cc1N1C[C@@H]2CCCN[C@@H]2C1. The van der Waals surface area contributed by atoms with Gasteiger partial charge < -0.3 is 10.2 Å². The number of hydrogen-bond donors (Lipinski definition) is 1. The zero-order valence-electron chi connectivity index (χ0n) is 11.4. The van der Waals surface area contributed by atoms with Gasteiger partial charge in [-0.3, -0.25) is 10.1 Å². The molecule has 1 aromatic rings. The quantitative estimate of drug-likeness (QED) is 0.673.